The minimum absolute atomic E-state index is 0.0518. The van der Waals surface area contributed by atoms with Crippen molar-refractivity contribution in [1.29, 1.82) is 0 Å². The fourth-order valence-electron chi connectivity index (χ4n) is 1.01. The largest absolute Gasteiger partial charge is 0.508 e. The third-order valence-corrected chi connectivity index (χ3v) is 3.11. The van der Waals surface area contributed by atoms with Crippen LogP contribution in [-0.2, 0) is 10.0 Å². The van der Waals surface area contributed by atoms with Crippen molar-refractivity contribution in [2.75, 3.05) is 0 Å². The Morgan fingerprint density at radius 1 is 1.38 bits per heavy atom. The molecule has 3 N–H and O–H groups in total. The molecule has 0 bridgehead atoms. The lowest BCUT2D eigenvalue weighted by Gasteiger charge is -2.10. The summed E-state index contributed by atoms with van der Waals surface area (Å²) in [5.41, 5.74) is 0.324. The number of primary sulfonamides is 1. The molecule has 0 fully saturated rings. The van der Waals surface area contributed by atoms with Crippen molar-refractivity contribution in [1.82, 2.24) is 0 Å². The lowest BCUT2D eigenvalue weighted by Crippen LogP contribution is -2.19. The second kappa shape index (κ2) is 3.35. The molecule has 72 valence electrons. The predicted molar refractivity (Wildman–Crippen MR) is 49.6 cm³/mol. The van der Waals surface area contributed by atoms with E-state index in [0.717, 1.165) is 0 Å². The molecule has 0 radical (unpaired) electrons. The molecule has 13 heavy (non-hydrogen) atoms. The maximum absolute atomic E-state index is 11.0. The van der Waals surface area contributed by atoms with Crippen LogP contribution >= 0.6 is 0 Å². The van der Waals surface area contributed by atoms with Gasteiger partial charge in [-0.1, -0.05) is 18.2 Å². The van der Waals surface area contributed by atoms with Crippen molar-refractivity contribution in [3.63, 3.8) is 0 Å². The van der Waals surface area contributed by atoms with Crippen LogP contribution in [0.1, 0.15) is 17.7 Å². The Bertz CT molecular complexity index is 400. The second-order valence-corrected chi connectivity index (χ2v) is 4.68. The highest BCUT2D eigenvalue weighted by Gasteiger charge is 2.20. The van der Waals surface area contributed by atoms with Crippen LogP contribution in [0.5, 0.6) is 5.75 Å². The molecule has 5 heteroatoms. The summed E-state index contributed by atoms with van der Waals surface area (Å²) in [5.74, 6) is -0.0518. The molecule has 0 spiro atoms. The Balaban J connectivity index is 3.17. The monoisotopic (exact) mass is 201 g/mol. The predicted octanol–water partition coefficient (Wildman–Crippen LogP) is 0.742. The van der Waals surface area contributed by atoms with E-state index >= 15 is 0 Å². The highest BCUT2D eigenvalue weighted by molar-refractivity contribution is 7.89. The van der Waals surface area contributed by atoms with Crippen molar-refractivity contribution >= 4 is 10.0 Å². The van der Waals surface area contributed by atoms with E-state index in [0.29, 0.717) is 5.56 Å². The summed E-state index contributed by atoms with van der Waals surface area (Å²) in [5, 5.41) is 13.4. The van der Waals surface area contributed by atoms with Gasteiger partial charge in [-0.25, -0.2) is 13.6 Å². The van der Waals surface area contributed by atoms with E-state index in [1.165, 1.54) is 19.1 Å². The van der Waals surface area contributed by atoms with Gasteiger partial charge in [0.25, 0.3) is 0 Å². The van der Waals surface area contributed by atoms with Gasteiger partial charge in [-0.3, -0.25) is 0 Å². The van der Waals surface area contributed by atoms with Gasteiger partial charge < -0.3 is 5.11 Å². The molecule has 0 aliphatic rings. The van der Waals surface area contributed by atoms with Crippen molar-refractivity contribution in [3.05, 3.63) is 29.8 Å². The molecule has 1 unspecified atom stereocenters. The van der Waals surface area contributed by atoms with E-state index in [2.05, 4.69) is 0 Å². The van der Waals surface area contributed by atoms with Crippen LogP contribution in [0.15, 0.2) is 24.3 Å². The molecule has 0 amide bonds. The fraction of sp³-hybridized carbons (Fsp3) is 0.250. The summed E-state index contributed by atoms with van der Waals surface area (Å²) in [7, 11) is -3.64. The molecule has 1 aromatic rings. The van der Waals surface area contributed by atoms with Crippen LogP contribution in [0.2, 0.25) is 0 Å². The van der Waals surface area contributed by atoms with Gasteiger partial charge in [-0.05, 0) is 13.0 Å². The average Bonchev–Trinajstić information content (AvgIpc) is 2.02. The molecular formula is C8H11NO3S. The number of phenolic OH excluding ortho intramolecular Hbond substituents is 1. The summed E-state index contributed by atoms with van der Waals surface area (Å²) in [4.78, 5) is 0. The number of hydrogen-bond donors (Lipinski definition) is 2. The number of sulfonamides is 1. The molecule has 1 aromatic carbocycles. The third kappa shape index (κ3) is 2.19. The summed E-state index contributed by atoms with van der Waals surface area (Å²) >= 11 is 0. The summed E-state index contributed by atoms with van der Waals surface area (Å²) < 4.78 is 21.9. The molecule has 4 nitrogen and oxygen atoms in total. The van der Waals surface area contributed by atoms with Gasteiger partial charge in [-0.15, -0.1) is 0 Å². The van der Waals surface area contributed by atoms with Crippen molar-refractivity contribution in [2.24, 2.45) is 5.14 Å². The first-order chi connectivity index (χ1) is 5.93. The number of nitrogens with two attached hydrogens (primary N) is 1. The maximum atomic E-state index is 11.0. The number of para-hydroxylation sites is 1. The number of rotatable bonds is 2. The summed E-state index contributed by atoms with van der Waals surface area (Å²) in [6.45, 7) is 1.43. The summed E-state index contributed by atoms with van der Waals surface area (Å²) in [6.07, 6.45) is 0. The Morgan fingerprint density at radius 3 is 2.38 bits per heavy atom. The third-order valence-electron chi connectivity index (χ3n) is 1.87. The number of hydrogen-bond acceptors (Lipinski definition) is 3. The van der Waals surface area contributed by atoms with Gasteiger partial charge in [-0.2, -0.15) is 0 Å². The first-order valence-electron chi connectivity index (χ1n) is 3.72. The van der Waals surface area contributed by atoms with E-state index in [-0.39, 0.29) is 5.75 Å². The zero-order valence-electron chi connectivity index (χ0n) is 7.14. The van der Waals surface area contributed by atoms with Crippen LogP contribution in [-0.4, -0.2) is 13.5 Å². The van der Waals surface area contributed by atoms with Crippen molar-refractivity contribution < 1.29 is 13.5 Å². The highest BCUT2D eigenvalue weighted by atomic mass is 32.2. The number of benzene rings is 1. The second-order valence-electron chi connectivity index (χ2n) is 2.79. The first-order valence-corrected chi connectivity index (χ1v) is 5.33. The van der Waals surface area contributed by atoms with Crippen LogP contribution in [0.4, 0.5) is 0 Å². The van der Waals surface area contributed by atoms with E-state index in [4.69, 9.17) is 5.14 Å². The van der Waals surface area contributed by atoms with Crippen molar-refractivity contribution in [2.45, 2.75) is 12.2 Å². The number of phenols is 1. The van der Waals surface area contributed by atoms with Gasteiger partial charge in [0.2, 0.25) is 10.0 Å². The Hall–Kier alpha value is -1.07. The van der Waals surface area contributed by atoms with Gasteiger partial charge in [0.05, 0.1) is 0 Å². The number of aromatic hydroxyl groups is 1. The standard InChI is InChI=1S/C8H11NO3S/c1-6(13(9,11)12)7-4-2-3-5-8(7)10/h2-6,10H,1H3,(H2,9,11,12). The maximum Gasteiger partial charge on any atom is 0.216 e. The lowest BCUT2D eigenvalue weighted by molar-refractivity contribution is 0.467. The summed E-state index contributed by atoms with van der Waals surface area (Å²) in [6, 6.07) is 6.23. The van der Waals surface area contributed by atoms with Crippen LogP contribution in [0.25, 0.3) is 0 Å². The molecule has 0 aliphatic carbocycles. The van der Waals surface area contributed by atoms with Gasteiger partial charge in [0.15, 0.2) is 0 Å². The topological polar surface area (TPSA) is 80.4 Å². The Morgan fingerprint density at radius 2 is 1.92 bits per heavy atom. The molecule has 0 saturated heterocycles. The molecule has 0 saturated carbocycles. The van der Waals surface area contributed by atoms with Gasteiger partial charge in [0, 0.05) is 5.56 Å². The van der Waals surface area contributed by atoms with Gasteiger partial charge in [0.1, 0.15) is 11.0 Å². The average molecular weight is 201 g/mol. The van der Waals surface area contributed by atoms with E-state index in [1.807, 2.05) is 0 Å². The van der Waals surface area contributed by atoms with Crippen molar-refractivity contribution in [3.8, 4) is 5.75 Å². The minimum atomic E-state index is -3.64. The Labute approximate surface area is 77.1 Å². The molecule has 0 aliphatic heterocycles. The smallest absolute Gasteiger partial charge is 0.216 e. The molecule has 0 aromatic heterocycles. The zero-order chi connectivity index (χ0) is 10.1. The zero-order valence-corrected chi connectivity index (χ0v) is 7.95. The SMILES string of the molecule is CC(c1ccccc1O)S(N)(=O)=O. The van der Waals surface area contributed by atoms with Crippen LogP contribution in [0, 0.1) is 0 Å². The molecule has 0 heterocycles. The normalized spacial score (nSPS) is 14.0. The van der Waals surface area contributed by atoms with E-state index < -0.39 is 15.3 Å². The highest BCUT2D eigenvalue weighted by Crippen LogP contribution is 2.27. The quantitative estimate of drug-likeness (QED) is 0.740. The molecule has 1 atom stereocenters. The molecule has 1 rings (SSSR count). The van der Waals surface area contributed by atoms with Crippen LogP contribution < -0.4 is 5.14 Å². The first kappa shape index (κ1) is 10.0. The minimum Gasteiger partial charge on any atom is -0.508 e. The van der Waals surface area contributed by atoms with E-state index in [9.17, 15) is 13.5 Å². The van der Waals surface area contributed by atoms with Crippen LogP contribution in [0.3, 0.4) is 0 Å². The van der Waals surface area contributed by atoms with E-state index in [1.54, 1.807) is 12.1 Å². The lowest BCUT2D eigenvalue weighted by atomic mass is 10.1. The fourth-order valence-corrected chi connectivity index (χ4v) is 1.56. The van der Waals surface area contributed by atoms with Gasteiger partial charge >= 0.3 is 0 Å². The molecular weight excluding hydrogens is 190 g/mol. The Kier molecular flexibility index (Phi) is 2.58.